The molecule has 0 unspecified atom stereocenters. The van der Waals surface area contributed by atoms with Gasteiger partial charge in [-0.05, 0) is 97.1 Å². The molecule has 248 valence electrons. The molecule has 2 nitrogen and oxygen atoms in total. The summed E-state index contributed by atoms with van der Waals surface area (Å²) < 4.78 is 0. The average molecular weight is 675 g/mol. The molecule has 0 bridgehead atoms. The Labute approximate surface area is 309 Å². The monoisotopic (exact) mass is 674 g/mol. The van der Waals surface area contributed by atoms with E-state index in [9.17, 15) is 0 Å². The summed E-state index contributed by atoms with van der Waals surface area (Å²) in [6.45, 7) is 0. The summed E-state index contributed by atoms with van der Waals surface area (Å²) in [4.78, 5) is 9.54. The number of rotatable bonds is 6. The number of pyridine rings is 2. The Morgan fingerprint density at radius 3 is 1.75 bits per heavy atom. The van der Waals surface area contributed by atoms with E-state index in [1.807, 2.05) is 30.5 Å². The van der Waals surface area contributed by atoms with Crippen LogP contribution < -0.4 is 0 Å². The molecule has 0 N–H and O–H groups in total. The minimum absolute atomic E-state index is 0.425. The third-order valence-corrected chi connectivity index (χ3v) is 10.8. The van der Waals surface area contributed by atoms with Gasteiger partial charge in [-0.2, -0.15) is 0 Å². The van der Waals surface area contributed by atoms with Crippen LogP contribution in [0.2, 0.25) is 0 Å². The van der Waals surface area contributed by atoms with Crippen LogP contribution in [0, 0.1) is 0 Å². The predicted octanol–water partition coefficient (Wildman–Crippen LogP) is 12.7. The standard InChI is InChI=1S/C51H34N2/c1-3-17-39(18-4-1)51(40-19-5-2-6-20-40)45-24-9-7-22-43(45)50-41(23-14-25-46(50)51)38-16-13-15-37(33-38)35-28-30-36(31-29-35)44-34-49(48-27-11-12-32-52-48)53-47-26-10-8-21-42(44)47/h1-34H. The third kappa shape index (κ3) is 5.03. The average Bonchev–Trinajstić information content (AvgIpc) is 3.56. The topological polar surface area (TPSA) is 25.8 Å². The van der Waals surface area contributed by atoms with Gasteiger partial charge >= 0.3 is 0 Å². The van der Waals surface area contributed by atoms with Crippen molar-refractivity contribution in [3.05, 3.63) is 229 Å². The van der Waals surface area contributed by atoms with E-state index >= 15 is 0 Å². The number of hydrogen-bond acceptors (Lipinski definition) is 2. The maximum absolute atomic E-state index is 4.95. The van der Waals surface area contributed by atoms with Gasteiger partial charge in [0, 0.05) is 11.6 Å². The Kier molecular flexibility index (Phi) is 7.40. The van der Waals surface area contributed by atoms with Gasteiger partial charge in [0.2, 0.25) is 0 Å². The van der Waals surface area contributed by atoms with Crippen molar-refractivity contribution in [3.8, 4) is 55.9 Å². The van der Waals surface area contributed by atoms with Crippen molar-refractivity contribution in [2.24, 2.45) is 0 Å². The Morgan fingerprint density at radius 1 is 0.358 bits per heavy atom. The molecule has 0 aliphatic heterocycles. The number of para-hydroxylation sites is 1. The van der Waals surface area contributed by atoms with Crippen LogP contribution in [0.5, 0.6) is 0 Å². The highest BCUT2D eigenvalue weighted by atomic mass is 14.8. The van der Waals surface area contributed by atoms with Crippen molar-refractivity contribution in [1.29, 1.82) is 0 Å². The van der Waals surface area contributed by atoms with Gasteiger partial charge in [-0.25, -0.2) is 4.98 Å². The first-order valence-corrected chi connectivity index (χ1v) is 18.2. The molecule has 0 radical (unpaired) electrons. The molecule has 2 aromatic heterocycles. The van der Waals surface area contributed by atoms with E-state index in [4.69, 9.17) is 4.98 Å². The lowest BCUT2D eigenvalue weighted by atomic mass is 9.67. The van der Waals surface area contributed by atoms with Crippen LogP contribution in [0.15, 0.2) is 206 Å². The van der Waals surface area contributed by atoms with E-state index < -0.39 is 5.41 Å². The fourth-order valence-corrected chi connectivity index (χ4v) is 8.50. The molecule has 7 aromatic carbocycles. The van der Waals surface area contributed by atoms with E-state index in [-0.39, 0.29) is 0 Å². The van der Waals surface area contributed by atoms with Gasteiger partial charge in [-0.15, -0.1) is 0 Å². The van der Waals surface area contributed by atoms with Crippen molar-refractivity contribution in [3.63, 3.8) is 0 Å². The van der Waals surface area contributed by atoms with Crippen molar-refractivity contribution in [2.75, 3.05) is 0 Å². The van der Waals surface area contributed by atoms with E-state index in [1.54, 1.807) is 0 Å². The minimum atomic E-state index is -0.425. The van der Waals surface area contributed by atoms with Crippen molar-refractivity contribution in [1.82, 2.24) is 9.97 Å². The summed E-state index contributed by atoms with van der Waals surface area (Å²) in [5.41, 5.74) is 17.2. The Morgan fingerprint density at radius 2 is 0.981 bits per heavy atom. The first-order chi connectivity index (χ1) is 26.3. The van der Waals surface area contributed by atoms with Crippen molar-refractivity contribution in [2.45, 2.75) is 5.41 Å². The highest BCUT2D eigenvalue weighted by Gasteiger charge is 2.46. The summed E-state index contributed by atoms with van der Waals surface area (Å²) in [5, 5.41) is 1.13. The summed E-state index contributed by atoms with van der Waals surface area (Å²) in [5.74, 6) is 0. The summed E-state index contributed by atoms with van der Waals surface area (Å²) >= 11 is 0. The molecule has 10 rings (SSSR count). The summed E-state index contributed by atoms with van der Waals surface area (Å²) in [6, 6.07) is 72.3. The number of nitrogens with zero attached hydrogens (tertiary/aromatic N) is 2. The lowest BCUT2D eigenvalue weighted by Gasteiger charge is -2.34. The lowest BCUT2D eigenvalue weighted by molar-refractivity contribution is 0.768. The molecule has 0 amide bonds. The highest BCUT2D eigenvalue weighted by molar-refractivity contribution is 5.98. The van der Waals surface area contributed by atoms with Crippen molar-refractivity contribution >= 4 is 10.9 Å². The molecule has 0 fully saturated rings. The zero-order valence-electron chi connectivity index (χ0n) is 29.0. The van der Waals surface area contributed by atoms with Gasteiger partial charge in [0.05, 0.1) is 22.3 Å². The minimum Gasteiger partial charge on any atom is -0.255 e. The van der Waals surface area contributed by atoms with Gasteiger partial charge in [0.15, 0.2) is 0 Å². The molecule has 0 saturated carbocycles. The molecule has 1 aliphatic rings. The maximum atomic E-state index is 4.95. The second-order valence-corrected chi connectivity index (χ2v) is 13.7. The van der Waals surface area contributed by atoms with Crippen molar-refractivity contribution < 1.29 is 0 Å². The molecule has 2 heterocycles. The molecule has 53 heavy (non-hydrogen) atoms. The first kappa shape index (κ1) is 30.9. The predicted molar refractivity (Wildman–Crippen MR) is 219 cm³/mol. The molecule has 0 spiro atoms. The van der Waals surface area contributed by atoms with Crippen LogP contribution in [-0.2, 0) is 5.41 Å². The quantitative estimate of drug-likeness (QED) is 0.175. The van der Waals surface area contributed by atoms with Gasteiger partial charge in [-0.3, -0.25) is 4.98 Å². The Balaban J connectivity index is 1.09. The smallest absolute Gasteiger partial charge is 0.0900 e. The van der Waals surface area contributed by atoms with Gasteiger partial charge in [-0.1, -0.05) is 170 Å². The van der Waals surface area contributed by atoms with Crippen LogP contribution in [-0.4, -0.2) is 9.97 Å². The van der Waals surface area contributed by atoms with Crippen LogP contribution in [0.4, 0.5) is 0 Å². The Bertz CT molecular complexity index is 2710. The first-order valence-electron chi connectivity index (χ1n) is 18.2. The molecule has 2 heteroatoms. The largest absolute Gasteiger partial charge is 0.255 e. The summed E-state index contributed by atoms with van der Waals surface area (Å²) in [7, 11) is 0. The lowest BCUT2D eigenvalue weighted by Crippen LogP contribution is -2.28. The number of aromatic nitrogens is 2. The van der Waals surface area contributed by atoms with Gasteiger partial charge < -0.3 is 0 Å². The Hall–Kier alpha value is -6.90. The number of hydrogen-bond donors (Lipinski definition) is 0. The second-order valence-electron chi connectivity index (χ2n) is 13.7. The molecular weight excluding hydrogens is 641 g/mol. The van der Waals surface area contributed by atoms with Gasteiger partial charge in [0.1, 0.15) is 0 Å². The van der Waals surface area contributed by atoms with Crippen LogP contribution in [0.3, 0.4) is 0 Å². The van der Waals surface area contributed by atoms with Gasteiger partial charge in [0.25, 0.3) is 0 Å². The van der Waals surface area contributed by atoms with Crippen LogP contribution >= 0.6 is 0 Å². The second kappa shape index (κ2) is 12.7. The fraction of sp³-hybridized carbons (Fsp3) is 0.0196. The molecular formula is C51H34N2. The molecule has 0 atom stereocenters. The van der Waals surface area contributed by atoms with Crippen LogP contribution in [0.25, 0.3) is 66.8 Å². The SMILES string of the molecule is c1ccc(C2(c3ccccc3)c3ccccc3-c3c(-c4cccc(-c5ccc(-c6cc(-c7ccccn7)nc7ccccc67)cc5)c4)cccc32)cc1. The van der Waals surface area contributed by atoms with Crippen LogP contribution in [0.1, 0.15) is 22.3 Å². The zero-order valence-corrected chi connectivity index (χ0v) is 29.0. The number of fused-ring (bicyclic) bond motifs is 4. The molecule has 9 aromatic rings. The fourth-order valence-electron chi connectivity index (χ4n) is 8.50. The van der Waals surface area contributed by atoms with E-state index in [1.165, 1.54) is 55.6 Å². The van der Waals surface area contributed by atoms with E-state index in [0.717, 1.165) is 33.4 Å². The summed E-state index contributed by atoms with van der Waals surface area (Å²) in [6.07, 6.45) is 1.82. The number of benzene rings is 7. The maximum Gasteiger partial charge on any atom is 0.0900 e. The highest BCUT2D eigenvalue weighted by Crippen LogP contribution is 2.58. The van der Waals surface area contributed by atoms with E-state index in [0.29, 0.717) is 0 Å². The molecule has 1 aliphatic carbocycles. The zero-order chi connectivity index (χ0) is 35.2. The molecule has 0 saturated heterocycles. The van der Waals surface area contributed by atoms with E-state index in [2.05, 4.69) is 181 Å². The normalized spacial score (nSPS) is 12.7. The third-order valence-electron chi connectivity index (χ3n) is 10.8.